The Hall–Kier alpha value is -1.57. The predicted octanol–water partition coefficient (Wildman–Crippen LogP) is 4.36. The summed E-state index contributed by atoms with van der Waals surface area (Å²) in [5.74, 6) is 1.74. The molecule has 0 radical (unpaired) electrons. The molecular formula is C21H34IN5. The predicted molar refractivity (Wildman–Crippen MR) is 125 cm³/mol. The molecule has 2 aromatic rings. The molecule has 6 heteroatoms. The van der Waals surface area contributed by atoms with Crippen molar-refractivity contribution in [3.8, 4) is 0 Å². The highest BCUT2D eigenvalue weighted by Gasteiger charge is 2.15. The SMILES string of the molecule is CCNC(=NCC(C)c1ccccc1)N(C)Cc1cn(C)nc1C(C)C.I. The number of hydrogen-bond acceptors (Lipinski definition) is 2. The van der Waals surface area contributed by atoms with E-state index >= 15 is 0 Å². The first kappa shape index (κ1) is 23.5. The van der Waals surface area contributed by atoms with Crippen molar-refractivity contribution < 1.29 is 0 Å². The van der Waals surface area contributed by atoms with Gasteiger partial charge in [-0.2, -0.15) is 5.10 Å². The number of aliphatic imine (C=N–C) groups is 1. The molecule has 1 atom stereocenters. The lowest BCUT2D eigenvalue weighted by Crippen LogP contribution is -2.38. The Morgan fingerprint density at radius 2 is 1.89 bits per heavy atom. The van der Waals surface area contributed by atoms with E-state index in [0.29, 0.717) is 11.8 Å². The quantitative estimate of drug-likeness (QED) is 0.362. The summed E-state index contributed by atoms with van der Waals surface area (Å²) in [6.07, 6.45) is 2.11. The fourth-order valence-corrected chi connectivity index (χ4v) is 3.07. The zero-order valence-corrected chi connectivity index (χ0v) is 19.8. The molecule has 1 aromatic carbocycles. The summed E-state index contributed by atoms with van der Waals surface area (Å²) in [5, 5.41) is 8.03. The van der Waals surface area contributed by atoms with Crippen LogP contribution in [0.4, 0.5) is 0 Å². The minimum Gasteiger partial charge on any atom is -0.357 e. The number of benzene rings is 1. The molecule has 0 saturated carbocycles. The van der Waals surface area contributed by atoms with Crippen molar-refractivity contribution in [2.24, 2.45) is 12.0 Å². The van der Waals surface area contributed by atoms with Gasteiger partial charge in [-0.25, -0.2) is 0 Å². The number of aromatic nitrogens is 2. The van der Waals surface area contributed by atoms with Gasteiger partial charge in [-0.3, -0.25) is 9.67 Å². The molecule has 0 aliphatic heterocycles. The number of aryl methyl sites for hydroxylation is 1. The number of halogens is 1. The average Bonchev–Trinajstić information content (AvgIpc) is 2.99. The van der Waals surface area contributed by atoms with E-state index < -0.39 is 0 Å². The van der Waals surface area contributed by atoms with E-state index in [0.717, 1.165) is 31.3 Å². The summed E-state index contributed by atoms with van der Waals surface area (Å²) in [5.41, 5.74) is 3.74. The number of nitrogens with one attached hydrogen (secondary N) is 1. The van der Waals surface area contributed by atoms with Gasteiger partial charge < -0.3 is 10.2 Å². The highest BCUT2D eigenvalue weighted by atomic mass is 127. The van der Waals surface area contributed by atoms with Crippen LogP contribution in [0.15, 0.2) is 41.5 Å². The van der Waals surface area contributed by atoms with Crippen molar-refractivity contribution in [1.82, 2.24) is 20.0 Å². The van der Waals surface area contributed by atoms with Crippen LogP contribution in [0, 0.1) is 0 Å². The van der Waals surface area contributed by atoms with Crippen molar-refractivity contribution in [2.45, 2.75) is 46.1 Å². The molecule has 0 saturated heterocycles. The van der Waals surface area contributed by atoms with Gasteiger partial charge >= 0.3 is 0 Å². The van der Waals surface area contributed by atoms with E-state index in [-0.39, 0.29) is 24.0 Å². The Balaban J connectivity index is 0.00000364. The molecule has 1 unspecified atom stereocenters. The van der Waals surface area contributed by atoms with E-state index in [1.54, 1.807) is 0 Å². The zero-order valence-electron chi connectivity index (χ0n) is 17.4. The fraction of sp³-hybridized carbons (Fsp3) is 0.524. The van der Waals surface area contributed by atoms with Crippen molar-refractivity contribution >= 4 is 29.9 Å². The third-order valence-electron chi connectivity index (χ3n) is 4.47. The molecule has 0 spiro atoms. The third kappa shape index (κ3) is 6.83. The van der Waals surface area contributed by atoms with Crippen LogP contribution in [0.2, 0.25) is 0 Å². The molecular weight excluding hydrogens is 449 g/mol. The smallest absolute Gasteiger partial charge is 0.193 e. The Morgan fingerprint density at radius 1 is 1.22 bits per heavy atom. The fourth-order valence-electron chi connectivity index (χ4n) is 3.07. The van der Waals surface area contributed by atoms with Crippen LogP contribution < -0.4 is 5.32 Å². The van der Waals surface area contributed by atoms with Crippen LogP contribution in [0.3, 0.4) is 0 Å². The van der Waals surface area contributed by atoms with Gasteiger partial charge in [-0.05, 0) is 18.4 Å². The lowest BCUT2D eigenvalue weighted by atomic mass is 10.0. The van der Waals surface area contributed by atoms with Crippen molar-refractivity contribution in [1.29, 1.82) is 0 Å². The first-order chi connectivity index (χ1) is 12.4. The van der Waals surface area contributed by atoms with Gasteiger partial charge in [0, 0.05) is 51.4 Å². The highest BCUT2D eigenvalue weighted by molar-refractivity contribution is 14.0. The van der Waals surface area contributed by atoms with Crippen molar-refractivity contribution in [3.05, 3.63) is 53.3 Å². The molecule has 0 aliphatic carbocycles. The van der Waals surface area contributed by atoms with Crippen molar-refractivity contribution in [2.75, 3.05) is 20.1 Å². The van der Waals surface area contributed by atoms with Gasteiger partial charge in [-0.15, -0.1) is 24.0 Å². The summed E-state index contributed by atoms with van der Waals surface area (Å²) >= 11 is 0. The molecule has 150 valence electrons. The molecule has 27 heavy (non-hydrogen) atoms. The van der Waals surface area contributed by atoms with Crippen LogP contribution >= 0.6 is 24.0 Å². The number of guanidine groups is 1. The minimum atomic E-state index is 0. The lowest BCUT2D eigenvalue weighted by molar-refractivity contribution is 0.472. The summed E-state index contributed by atoms with van der Waals surface area (Å²) in [6.45, 7) is 11.1. The Bertz CT molecular complexity index is 709. The van der Waals surface area contributed by atoms with Gasteiger partial charge in [0.2, 0.25) is 0 Å². The second-order valence-electron chi connectivity index (χ2n) is 7.23. The van der Waals surface area contributed by atoms with E-state index in [4.69, 9.17) is 4.99 Å². The number of hydrogen-bond donors (Lipinski definition) is 1. The molecule has 1 N–H and O–H groups in total. The second-order valence-corrected chi connectivity index (χ2v) is 7.23. The maximum atomic E-state index is 4.87. The van der Waals surface area contributed by atoms with Crippen LogP contribution in [-0.4, -0.2) is 40.8 Å². The first-order valence-electron chi connectivity index (χ1n) is 9.49. The molecule has 2 rings (SSSR count). The maximum absolute atomic E-state index is 4.87. The number of nitrogens with zero attached hydrogens (tertiary/aromatic N) is 4. The van der Waals surface area contributed by atoms with Gasteiger partial charge in [0.1, 0.15) is 0 Å². The lowest BCUT2D eigenvalue weighted by Gasteiger charge is -2.23. The highest BCUT2D eigenvalue weighted by Crippen LogP contribution is 2.19. The van der Waals surface area contributed by atoms with Gasteiger partial charge in [-0.1, -0.05) is 51.1 Å². The Kier molecular flexibility index (Phi) is 9.83. The van der Waals surface area contributed by atoms with Gasteiger partial charge in [0.15, 0.2) is 5.96 Å². The average molecular weight is 483 g/mol. The molecule has 0 fully saturated rings. The van der Waals surface area contributed by atoms with Crippen LogP contribution in [0.25, 0.3) is 0 Å². The summed E-state index contributed by atoms with van der Waals surface area (Å²) in [6, 6.07) is 10.6. The normalized spacial score (nSPS) is 12.6. The molecule has 5 nitrogen and oxygen atoms in total. The first-order valence-corrected chi connectivity index (χ1v) is 9.49. The Morgan fingerprint density at radius 3 is 2.48 bits per heavy atom. The molecule has 0 amide bonds. The molecule has 1 aromatic heterocycles. The van der Waals surface area contributed by atoms with Gasteiger partial charge in [0.25, 0.3) is 0 Å². The standard InChI is InChI=1S/C21H33N5.HI/c1-7-22-21(23-13-17(4)18-11-9-8-10-12-18)25(5)14-19-15-26(6)24-20(19)16(2)3;/h8-12,15-17H,7,13-14H2,1-6H3,(H,22,23);1H. The maximum Gasteiger partial charge on any atom is 0.193 e. The zero-order chi connectivity index (χ0) is 19.1. The van der Waals surface area contributed by atoms with Crippen molar-refractivity contribution in [3.63, 3.8) is 0 Å². The van der Waals surface area contributed by atoms with E-state index in [1.807, 2.05) is 11.7 Å². The summed E-state index contributed by atoms with van der Waals surface area (Å²) < 4.78 is 1.90. The molecule has 1 heterocycles. The van der Waals surface area contributed by atoms with Crippen LogP contribution in [-0.2, 0) is 13.6 Å². The Labute approximate surface area is 181 Å². The second kappa shape index (κ2) is 11.3. The van der Waals surface area contributed by atoms with E-state index in [9.17, 15) is 0 Å². The van der Waals surface area contributed by atoms with Crippen LogP contribution in [0.5, 0.6) is 0 Å². The third-order valence-corrected chi connectivity index (χ3v) is 4.47. The topological polar surface area (TPSA) is 45.5 Å². The summed E-state index contributed by atoms with van der Waals surface area (Å²) in [7, 11) is 4.07. The van der Waals surface area contributed by atoms with Gasteiger partial charge in [0.05, 0.1) is 5.69 Å². The number of rotatable bonds is 7. The van der Waals surface area contributed by atoms with Crippen LogP contribution in [0.1, 0.15) is 56.4 Å². The minimum absolute atomic E-state index is 0. The molecule has 0 aliphatic rings. The molecule has 0 bridgehead atoms. The van der Waals surface area contributed by atoms with E-state index in [2.05, 4.69) is 86.6 Å². The largest absolute Gasteiger partial charge is 0.357 e. The summed E-state index contributed by atoms with van der Waals surface area (Å²) in [4.78, 5) is 7.06. The monoisotopic (exact) mass is 483 g/mol. The van der Waals surface area contributed by atoms with E-state index in [1.165, 1.54) is 11.1 Å².